The van der Waals surface area contributed by atoms with Crippen LogP contribution in [0, 0.1) is 37.1 Å². The smallest absolute Gasteiger partial charge is 0.259 e. The van der Waals surface area contributed by atoms with Crippen LogP contribution in [0.25, 0.3) is 0 Å². The van der Waals surface area contributed by atoms with Crippen LogP contribution in [0.4, 0.5) is 23.2 Å². The van der Waals surface area contributed by atoms with E-state index in [0.29, 0.717) is 11.4 Å². The number of aromatic nitrogens is 2. The van der Waals surface area contributed by atoms with Gasteiger partial charge in [-0.1, -0.05) is 0 Å². The normalized spacial score (nSPS) is 10.8. The molecular formula is C13H11F4N3O. The number of aryl methyl sites for hydroxylation is 2. The van der Waals surface area contributed by atoms with Gasteiger partial charge in [-0.05, 0) is 13.8 Å². The summed E-state index contributed by atoms with van der Waals surface area (Å²) >= 11 is 0. The van der Waals surface area contributed by atoms with Crippen molar-refractivity contribution < 1.29 is 22.4 Å². The fraction of sp³-hybridized carbons (Fsp3) is 0.231. The summed E-state index contributed by atoms with van der Waals surface area (Å²) in [4.78, 5) is 12.1. The molecule has 1 aromatic carbocycles. The van der Waals surface area contributed by atoms with E-state index in [1.54, 1.807) is 14.0 Å². The Balaban J connectivity index is 2.46. The quantitative estimate of drug-likeness (QED) is 0.685. The molecule has 0 unspecified atom stereocenters. The van der Waals surface area contributed by atoms with Gasteiger partial charge in [0.2, 0.25) is 0 Å². The van der Waals surface area contributed by atoms with Crippen molar-refractivity contribution in [1.82, 2.24) is 9.78 Å². The van der Waals surface area contributed by atoms with Crippen LogP contribution in [0.15, 0.2) is 6.07 Å². The SMILES string of the molecule is Cc1nn(C)c(C)c1C(=O)Nc1c(F)c(F)cc(F)c1F. The fourth-order valence-electron chi connectivity index (χ4n) is 1.96. The molecule has 2 rings (SSSR count). The predicted molar refractivity (Wildman–Crippen MR) is 66.9 cm³/mol. The number of nitrogens with one attached hydrogen (secondary N) is 1. The Hall–Kier alpha value is -2.38. The second-order valence-electron chi connectivity index (χ2n) is 4.47. The summed E-state index contributed by atoms with van der Waals surface area (Å²) in [5.74, 6) is -7.42. The van der Waals surface area contributed by atoms with Crippen molar-refractivity contribution in [2.75, 3.05) is 5.32 Å². The van der Waals surface area contributed by atoms with Gasteiger partial charge < -0.3 is 5.32 Å². The van der Waals surface area contributed by atoms with Crippen molar-refractivity contribution >= 4 is 11.6 Å². The first kappa shape index (κ1) is 15.0. The third-order valence-corrected chi connectivity index (χ3v) is 3.09. The minimum absolute atomic E-state index is 0.0703. The van der Waals surface area contributed by atoms with E-state index in [0.717, 1.165) is 0 Å². The monoisotopic (exact) mass is 301 g/mol. The second kappa shape index (κ2) is 5.19. The summed E-state index contributed by atoms with van der Waals surface area (Å²) in [6.45, 7) is 3.11. The van der Waals surface area contributed by atoms with Crippen LogP contribution in [0.5, 0.6) is 0 Å². The van der Waals surface area contributed by atoms with E-state index in [1.165, 1.54) is 11.6 Å². The maximum absolute atomic E-state index is 13.5. The highest BCUT2D eigenvalue weighted by molar-refractivity contribution is 6.06. The van der Waals surface area contributed by atoms with Crippen LogP contribution in [0.3, 0.4) is 0 Å². The summed E-state index contributed by atoms with van der Waals surface area (Å²) in [7, 11) is 1.59. The first-order chi connectivity index (χ1) is 9.73. The number of benzene rings is 1. The lowest BCUT2D eigenvalue weighted by atomic mass is 10.1. The highest BCUT2D eigenvalue weighted by Gasteiger charge is 2.24. The van der Waals surface area contributed by atoms with Gasteiger partial charge in [0, 0.05) is 18.8 Å². The second-order valence-corrected chi connectivity index (χ2v) is 4.47. The molecule has 0 radical (unpaired) electrons. The summed E-state index contributed by atoms with van der Waals surface area (Å²) in [5.41, 5.74) is -0.311. The summed E-state index contributed by atoms with van der Waals surface area (Å²) in [6.07, 6.45) is 0. The van der Waals surface area contributed by atoms with Crippen LogP contribution in [0.2, 0.25) is 0 Å². The number of carbonyl (C=O) groups excluding carboxylic acids is 1. The van der Waals surface area contributed by atoms with Crippen molar-refractivity contribution in [3.8, 4) is 0 Å². The van der Waals surface area contributed by atoms with Gasteiger partial charge in [0.15, 0.2) is 23.3 Å². The van der Waals surface area contributed by atoms with E-state index >= 15 is 0 Å². The van der Waals surface area contributed by atoms with E-state index in [2.05, 4.69) is 5.10 Å². The van der Waals surface area contributed by atoms with Gasteiger partial charge in [-0.3, -0.25) is 9.48 Å². The highest BCUT2D eigenvalue weighted by Crippen LogP contribution is 2.25. The number of halogens is 4. The molecule has 0 bridgehead atoms. The van der Waals surface area contributed by atoms with Crippen molar-refractivity contribution in [2.45, 2.75) is 13.8 Å². The molecule has 0 atom stereocenters. The third kappa shape index (κ3) is 2.48. The average Bonchev–Trinajstić information content (AvgIpc) is 2.66. The van der Waals surface area contributed by atoms with E-state index in [-0.39, 0.29) is 11.6 Å². The standard InChI is InChI=1S/C13H11F4N3O/c1-5-9(6(2)20(3)19-5)13(21)18-12-10(16)7(14)4-8(15)11(12)17/h4H,1-3H3,(H,18,21). The van der Waals surface area contributed by atoms with Crippen molar-refractivity contribution in [1.29, 1.82) is 0 Å². The summed E-state index contributed by atoms with van der Waals surface area (Å²) in [5, 5.41) is 5.82. The molecule has 0 spiro atoms. The van der Waals surface area contributed by atoms with Gasteiger partial charge in [0.25, 0.3) is 5.91 Å². The molecule has 1 amide bonds. The molecule has 8 heteroatoms. The Morgan fingerprint density at radius 2 is 1.67 bits per heavy atom. The minimum atomic E-state index is -1.67. The predicted octanol–water partition coefficient (Wildman–Crippen LogP) is 2.85. The van der Waals surface area contributed by atoms with E-state index in [1.807, 2.05) is 5.32 Å². The zero-order chi connectivity index (χ0) is 15.9. The van der Waals surface area contributed by atoms with Crippen LogP contribution in [0.1, 0.15) is 21.7 Å². The van der Waals surface area contributed by atoms with E-state index in [9.17, 15) is 22.4 Å². The first-order valence-electron chi connectivity index (χ1n) is 5.88. The van der Waals surface area contributed by atoms with Gasteiger partial charge in [0.1, 0.15) is 5.69 Å². The Morgan fingerprint density at radius 1 is 1.14 bits per heavy atom. The summed E-state index contributed by atoms with van der Waals surface area (Å²) in [6, 6.07) is 0.0703. The molecule has 0 aliphatic rings. The average molecular weight is 301 g/mol. The Labute approximate surface area is 117 Å². The molecule has 2 aromatic rings. The summed E-state index contributed by atoms with van der Waals surface area (Å²) < 4.78 is 54.6. The third-order valence-electron chi connectivity index (χ3n) is 3.09. The van der Waals surface area contributed by atoms with Crippen molar-refractivity contribution in [3.05, 3.63) is 46.3 Å². The number of hydrogen-bond acceptors (Lipinski definition) is 2. The Bertz CT molecular complexity index is 713. The maximum Gasteiger partial charge on any atom is 0.259 e. The number of anilines is 1. The number of amides is 1. The lowest BCUT2D eigenvalue weighted by molar-refractivity contribution is 0.102. The van der Waals surface area contributed by atoms with Gasteiger partial charge in [-0.15, -0.1) is 0 Å². The number of rotatable bonds is 2. The number of nitrogens with zero attached hydrogens (tertiary/aromatic N) is 2. The number of carbonyl (C=O) groups is 1. The molecule has 0 saturated carbocycles. The minimum Gasteiger partial charge on any atom is -0.317 e. The zero-order valence-electron chi connectivity index (χ0n) is 11.4. The van der Waals surface area contributed by atoms with Gasteiger partial charge >= 0.3 is 0 Å². The van der Waals surface area contributed by atoms with Gasteiger partial charge in [0.05, 0.1) is 11.3 Å². The molecule has 0 aliphatic heterocycles. The largest absolute Gasteiger partial charge is 0.317 e. The molecule has 0 fully saturated rings. The molecule has 112 valence electrons. The topological polar surface area (TPSA) is 46.9 Å². The van der Waals surface area contributed by atoms with Crippen LogP contribution in [-0.4, -0.2) is 15.7 Å². The molecule has 4 nitrogen and oxygen atoms in total. The molecule has 1 aromatic heterocycles. The van der Waals surface area contributed by atoms with E-state index < -0.39 is 34.9 Å². The lowest BCUT2D eigenvalue weighted by Gasteiger charge is -2.09. The number of hydrogen-bond donors (Lipinski definition) is 1. The van der Waals surface area contributed by atoms with E-state index in [4.69, 9.17) is 0 Å². The Morgan fingerprint density at radius 3 is 2.10 bits per heavy atom. The van der Waals surface area contributed by atoms with Crippen LogP contribution in [-0.2, 0) is 7.05 Å². The molecule has 0 saturated heterocycles. The molecule has 21 heavy (non-hydrogen) atoms. The van der Waals surface area contributed by atoms with Crippen LogP contribution < -0.4 is 5.32 Å². The maximum atomic E-state index is 13.5. The van der Waals surface area contributed by atoms with Crippen LogP contribution >= 0.6 is 0 Å². The highest BCUT2D eigenvalue weighted by atomic mass is 19.2. The lowest BCUT2D eigenvalue weighted by Crippen LogP contribution is -2.17. The molecule has 1 N–H and O–H groups in total. The van der Waals surface area contributed by atoms with Crippen molar-refractivity contribution in [3.63, 3.8) is 0 Å². The van der Waals surface area contributed by atoms with Gasteiger partial charge in [-0.25, -0.2) is 17.6 Å². The first-order valence-corrected chi connectivity index (χ1v) is 5.88. The molecule has 0 aliphatic carbocycles. The fourth-order valence-corrected chi connectivity index (χ4v) is 1.96. The molecular weight excluding hydrogens is 290 g/mol. The van der Waals surface area contributed by atoms with Crippen molar-refractivity contribution in [2.24, 2.45) is 7.05 Å². The molecule has 1 heterocycles. The van der Waals surface area contributed by atoms with Gasteiger partial charge in [-0.2, -0.15) is 5.10 Å². The Kier molecular flexibility index (Phi) is 3.71. The zero-order valence-corrected chi connectivity index (χ0v) is 11.4.